The van der Waals surface area contributed by atoms with Crippen molar-refractivity contribution in [1.29, 1.82) is 0 Å². The number of hydrogen-bond donors (Lipinski definition) is 0. The standard InChI is InChI=1S/C22H24BrN3O3/c1-5-14(3)29-20-10-7-16(11-21(20)28-6-2)13-24-26-15(4)25-19-9-8-17(23)12-18(19)22(26)27/h7-14H,5-6H2,1-4H3/t14-/m0/s1. The highest BCUT2D eigenvalue weighted by Crippen LogP contribution is 2.29. The van der Waals surface area contributed by atoms with Crippen LogP contribution < -0.4 is 15.0 Å². The summed E-state index contributed by atoms with van der Waals surface area (Å²) in [6.45, 7) is 8.30. The molecule has 3 rings (SSSR count). The topological polar surface area (TPSA) is 65.7 Å². The van der Waals surface area contributed by atoms with E-state index in [9.17, 15) is 4.79 Å². The molecule has 1 atom stereocenters. The van der Waals surface area contributed by atoms with Crippen molar-refractivity contribution >= 4 is 33.0 Å². The summed E-state index contributed by atoms with van der Waals surface area (Å²) in [5.41, 5.74) is 1.23. The molecule has 0 saturated heterocycles. The monoisotopic (exact) mass is 457 g/mol. The second kappa shape index (κ2) is 9.22. The molecule has 0 amide bonds. The minimum absolute atomic E-state index is 0.0953. The van der Waals surface area contributed by atoms with Gasteiger partial charge in [-0.1, -0.05) is 22.9 Å². The third-order valence-electron chi connectivity index (χ3n) is 4.46. The van der Waals surface area contributed by atoms with Gasteiger partial charge in [-0.3, -0.25) is 4.79 Å². The molecule has 1 aromatic heterocycles. The van der Waals surface area contributed by atoms with E-state index in [4.69, 9.17) is 9.47 Å². The van der Waals surface area contributed by atoms with Crippen LogP contribution in [-0.4, -0.2) is 28.6 Å². The maximum atomic E-state index is 12.8. The first kappa shape index (κ1) is 21.0. The van der Waals surface area contributed by atoms with E-state index >= 15 is 0 Å². The van der Waals surface area contributed by atoms with E-state index in [-0.39, 0.29) is 11.7 Å². The van der Waals surface area contributed by atoms with E-state index in [0.717, 1.165) is 16.5 Å². The smallest absolute Gasteiger partial charge is 0.282 e. The largest absolute Gasteiger partial charge is 0.490 e. The molecule has 0 unspecified atom stereocenters. The zero-order valence-electron chi connectivity index (χ0n) is 17.0. The van der Waals surface area contributed by atoms with Gasteiger partial charge in [0, 0.05) is 4.47 Å². The van der Waals surface area contributed by atoms with Crippen LogP contribution in [0.25, 0.3) is 10.9 Å². The van der Waals surface area contributed by atoms with E-state index in [1.54, 1.807) is 19.2 Å². The quantitative estimate of drug-likeness (QED) is 0.471. The second-order valence-electron chi connectivity index (χ2n) is 6.66. The predicted molar refractivity (Wildman–Crippen MR) is 119 cm³/mol. The number of aryl methyl sites for hydroxylation is 1. The molecule has 6 nitrogen and oxygen atoms in total. The summed E-state index contributed by atoms with van der Waals surface area (Å²) < 4.78 is 13.8. The number of rotatable bonds is 7. The Labute approximate surface area is 178 Å². The summed E-state index contributed by atoms with van der Waals surface area (Å²) in [5, 5.41) is 4.88. The number of nitrogens with zero attached hydrogens (tertiary/aromatic N) is 3. The van der Waals surface area contributed by atoms with Crippen molar-refractivity contribution in [2.24, 2.45) is 5.10 Å². The van der Waals surface area contributed by atoms with E-state index in [0.29, 0.717) is 34.8 Å². The summed E-state index contributed by atoms with van der Waals surface area (Å²) >= 11 is 3.40. The van der Waals surface area contributed by atoms with Gasteiger partial charge < -0.3 is 9.47 Å². The average Bonchev–Trinajstić information content (AvgIpc) is 2.70. The van der Waals surface area contributed by atoms with Crippen LogP contribution in [0.3, 0.4) is 0 Å². The summed E-state index contributed by atoms with van der Waals surface area (Å²) in [6, 6.07) is 11.0. The van der Waals surface area contributed by atoms with Crippen LogP contribution in [0.4, 0.5) is 0 Å². The van der Waals surface area contributed by atoms with Gasteiger partial charge in [0.2, 0.25) is 0 Å². The highest BCUT2D eigenvalue weighted by molar-refractivity contribution is 9.10. The Balaban J connectivity index is 1.97. The molecule has 0 aliphatic rings. The summed E-state index contributed by atoms with van der Waals surface area (Å²) in [7, 11) is 0. The Kier molecular flexibility index (Phi) is 6.69. The molecule has 0 bridgehead atoms. The number of benzene rings is 2. The molecule has 152 valence electrons. The van der Waals surface area contributed by atoms with Gasteiger partial charge in [-0.05, 0) is 69.2 Å². The van der Waals surface area contributed by atoms with Gasteiger partial charge in [0.1, 0.15) is 5.82 Å². The molecule has 0 saturated carbocycles. The molecule has 3 aromatic rings. The number of halogens is 1. The van der Waals surface area contributed by atoms with Crippen LogP contribution in [0.5, 0.6) is 11.5 Å². The second-order valence-corrected chi connectivity index (χ2v) is 7.57. The van der Waals surface area contributed by atoms with Gasteiger partial charge in [-0.15, -0.1) is 0 Å². The van der Waals surface area contributed by atoms with Gasteiger partial charge in [-0.25, -0.2) is 4.98 Å². The lowest BCUT2D eigenvalue weighted by Gasteiger charge is -2.16. The van der Waals surface area contributed by atoms with Crippen molar-refractivity contribution in [3.05, 3.63) is 62.6 Å². The van der Waals surface area contributed by atoms with Crippen LogP contribution in [0.2, 0.25) is 0 Å². The minimum atomic E-state index is -0.216. The van der Waals surface area contributed by atoms with Crippen LogP contribution in [-0.2, 0) is 0 Å². The van der Waals surface area contributed by atoms with Crippen molar-refractivity contribution in [3.63, 3.8) is 0 Å². The molecule has 7 heteroatoms. The van der Waals surface area contributed by atoms with Gasteiger partial charge >= 0.3 is 0 Å². The maximum Gasteiger partial charge on any atom is 0.282 e. The molecule has 2 aromatic carbocycles. The molecule has 29 heavy (non-hydrogen) atoms. The number of ether oxygens (including phenoxy) is 2. The van der Waals surface area contributed by atoms with E-state index < -0.39 is 0 Å². The number of fused-ring (bicyclic) bond motifs is 1. The summed E-state index contributed by atoms with van der Waals surface area (Å²) in [5.74, 6) is 1.87. The lowest BCUT2D eigenvalue weighted by atomic mass is 10.2. The lowest BCUT2D eigenvalue weighted by molar-refractivity contribution is 0.203. The van der Waals surface area contributed by atoms with Crippen LogP contribution in [0.15, 0.2) is 50.8 Å². The van der Waals surface area contributed by atoms with Crippen molar-refractivity contribution in [1.82, 2.24) is 9.66 Å². The first-order valence-corrected chi connectivity index (χ1v) is 10.4. The zero-order valence-corrected chi connectivity index (χ0v) is 18.6. The first-order valence-electron chi connectivity index (χ1n) is 9.59. The van der Waals surface area contributed by atoms with Crippen molar-refractivity contribution in [2.45, 2.75) is 40.2 Å². The van der Waals surface area contributed by atoms with Gasteiger partial charge in [0.05, 0.1) is 29.8 Å². The fourth-order valence-corrected chi connectivity index (χ4v) is 3.15. The van der Waals surface area contributed by atoms with Crippen molar-refractivity contribution < 1.29 is 9.47 Å². The van der Waals surface area contributed by atoms with E-state index in [1.165, 1.54) is 4.68 Å². The number of aromatic nitrogens is 2. The molecule has 0 aliphatic carbocycles. The highest BCUT2D eigenvalue weighted by atomic mass is 79.9. The molecule has 0 fully saturated rings. The Hall–Kier alpha value is -2.67. The van der Waals surface area contributed by atoms with Gasteiger partial charge in [0.15, 0.2) is 11.5 Å². The fourth-order valence-electron chi connectivity index (χ4n) is 2.79. The predicted octanol–water partition coefficient (Wildman–Crippen LogP) is 4.93. The zero-order chi connectivity index (χ0) is 21.0. The Bertz CT molecular complexity index is 1110. The SMILES string of the molecule is CCOc1cc(C=Nn2c(C)nc3ccc(Br)cc3c2=O)ccc1O[C@@H](C)CC. The van der Waals surface area contributed by atoms with Crippen molar-refractivity contribution in [3.8, 4) is 11.5 Å². The minimum Gasteiger partial charge on any atom is -0.490 e. The third-order valence-corrected chi connectivity index (χ3v) is 4.96. The van der Waals surface area contributed by atoms with Crippen molar-refractivity contribution in [2.75, 3.05) is 6.61 Å². The normalized spacial score (nSPS) is 12.4. The fraction of sp³-hybridized carbons (Fsp3) is 0.318. The Morgan fingerprint density at radius 1 is 1.21 bits per heavy atom. The molecular weight excluding hydrogens is 434 g/mol. The molecular formula is C22H24BrN3O3. The average molecular weight is 458 g/mol. The number of hydrogen-bond acceptors (Lipinski definition) is 5. The van der Waals surface area contributed by atoms with E-state index in [1.807, 2.05) is 44.2 Å². The van der Waals surface area contributed by atoms with Gasteiger partial charge in [-0.2, -0.15) is 9.78 Å². The van der Waals surface area contributed by atoms with Crippen LogP contribution in [0, 0.1) is 6.92 Å². The maximum absolute atomic E-state index is 12.8. The molecule has 0 spiro atoms. The summed E-state index contributed by atoms with van der Waals surface area (Å²) in [4.78, 5) is 17.3. The Morgan fingerprint density at radius 2 is 2.00 bits per heavy atom. The van der Waals surface area contributed by atoms with E-state index in [2.05, 4.69) is 32.9 Å². The molecule has 0 aliphatic heterocycles. The molecule has 0 radical (unpaired) electrons. The van der Waals surface area contributed by atoms with Crippen LogP contribution >= 0.6 is 15.9 Å². The van der Waals surface area contributed by atoms with Crippen LogP contribution in [0.1, 0.15) is 38.6 Å². The molecule has 1 heterocycles. The third kappa shape index (κ3) is 4.85. The highest BCUT2D eigenvalue weighted by Gasteiger charge is 2.10. The lowest BCUT2D eigenvalue weighted by Crippen LogP contribution is -2.20. The first-order chi connectivity index (χ1) is 13.9. The van der Waals surface area contributed by atoms with Gasteiger partial charge in [0.25, 0.3) is 5.56 Å². The Morgan fingerprint density at radius 3 is 2.72 bits per heavy atom. The molecule has 0 N–H and O–H groups in total. The summed E-state index contributed by atoms with van der Waals surface area (Å²) in [6.07, 6.45) is 2.62.